The van der Waals surface area contributed by atoms with Gasteiger partial charge in [-0.25, -0.2) is 4.79 Å². The molecule has 3 aliphatic rings. The van der Waals surface area contributed by atoms with E-state index in [1.54, 1.807) is 4.90 Å². The van der Waals surface area contributed by atoms with Crippen LogP contribution in [0.15, 0.2) is 0 Å². The van der Waals surface area contributed by atoms with Crippen molar-refractivity contribution in [3.05, 3.63) is 17.0 Å². The van der Waals surface area contributed by atoms with E-state index in [9.17, 15) is 9.59 Å². The topological polar surface area (TPSA) is 88.9 Å². The Kier molecular flexibility index (Phi) is 7.00. The number of carbonyl (C=O) groups is 2. The molecule has 1 aromatic rings. The molecular formula is C24H39N5O4. The number of fused-ring (bicyclic) bond motifs is 1. The number of hydrogen-bond acceptors (Lipinski definition) is 6. The highest BCUT2D eigenvalue weighted by molar-refractivity contribution is 5.94. The second kappa shape index (κ2) is 9.62. The highest BCUT2D eigenvalue weighted by Crippen LogP contribution is 2.27. The molecule has 2 atom stereocenters. The predicted molar refractivity (Wildman–Crippen MR) is 124 cm³/mol. The largest absolute Gasteiger partial charge is 0.444 e. The molecule has 9 heteroatoms. The van der Waals surface area contributed by atoms with Crippen LogP contribution in [-0.4, -0.2) is 81.6 Å². The van der Waals surface area contributed by atoms with E-state index in [1.165, 1.54) is 5.69 Å². The number of hydrogen-bond donors (Lipinski definition) is 1. The quantitative estimate of drug-likeness (QED) is 0.741. The van der Waals surface area contributed by atoms with Crippen molar-refractivity contribution in [1.29, 1.82) is 0 Å². The lowest BCUT2D eigenvalue weighted by atomic mass is 10.1. The average molecular weight is 462 g/mol. The van der Waals surface area contributed by atoms with E-state index in [0.29, 0.717) is 44.6 Å². The molecule has 33 heavy (non-hydrogen) atoms. The molecule has 2 amide bonds. The van der Waals surface area contributed by atoms with Gasteiger partial charge in [-0.3, -0.25) is 14.8 Å². The Balaban J connectivity index is 1.34. The van der Waals surface area contributed by atoms with Gasteiger partial charge in [-0.1, -0.05) is 0 Å². The Morgan fingerprint density at radius 1 is 1.09 bits per heavy atom. The van der Waals surface area contributed by atoms with E-state index in [2.05, 4.69) is 5.32 Å². The van der Waals surface area contributed by atoms with Crippen molar-refractivity contribution in [2.24, 2.45) is 0 Å². The molecule has 184 valence electrons. The second-order valence-corrected chi connectivity index (χ2v) is 10.7. The summed E-state index contributed by atoms with van der Waals surface area (Å²) < 4.78 is 13.3. The van der Waals surface area contributed by atoms with E-state index < -0.39 is 5.60 Å². The highest BCUT2D eigenvalue weighted by atomic mass is 16.6. The maximum atomic E-state index is 13.3. The Morgan fingerprint density at radius 3 is 2.39 bits per heavy atom. The molecule has 2 fully saturated rings. The van der Waals surface area contributed by atoms with E-state index >= 15 is 0 Å². The van der Waals surface area contributed by atoms with E-state index in [1.807, 2.05) is 44.2 Å². The summed E-state index contributed by atoms with van der Waals surface area (Å²) in [6, 6.07) is 0.310. The first-order chi connectivity index (χ1) is 15.6. The summed E-state index contributed by atoms with van der Waals surface area (Å²) in [6.07, 6.45) is 4.54. The number of likely N-dealkylation sites (tertiary alicyclic amines) is 1. The number of amides is 2. The standard InChI is InChI=1S/C24H39N5O4/c1-16-13-28(14-17(2)32-16)22(30)21-19-7-6-8-20(19)29(26-21)15-25-18-9-11-27(12-10-18)23(31)33-24(3,4)5/h16-18,25H,6-15H2,1-5H3/t16-,17+. The zero-order valence-electron chi connectivity index (χ0n) is 20.7. The molecule has 1 aromatic heterocycles. The van der Waals surface area contributed by atoms with Gasteiger partial charge in [0.05, 0.1) is 18.9 Å². The fourth-order valence-electron chi connectivity index (χ4n) is 5.11. The lowest BCUT2D eigenvalue weighted by molar-refractivity contribution is -0.0587. The molecule has 2 saturated heterocycles. The van der Waals surface area contributed by atoms with Crippen molar-refractivity contribution in [3.8, 4) is 0 Å². The van der Waals surface area contributed by atoms with Crippen molar-refractivity contribution < 1.29 is 19.1 Å². The summed E-state index contributed by atoms with van der Waals surface area (Å²) in [4.78, 5) is 29.3. The van der Waals surface area contributed by atoms with Crippen LogP contribution in [0.1, 0.15) is 75.6 Å². The van der Waals surface area contributed by atoms with E-state index in [-0.39, 0.29) is 24.2 Å². The lowest BCUT2D eigenvalue weighted by Gasteiger charge is -2.35. The minimum absolute atomic E-state index is 0.0274. The maximum Gasteiger partial charge on any atom is 0.410 e. The zero-order chi connectivity index (χ0) is 23.8. The minimum Gasteiger partial charge on any atom is -0.444 e. The molecule has 0 aromatic carbocycles. The second-order valence-electron chi connectivity index (χ2n) is 10.7. The van der Waals surface area contributed by atoms with Crippen LogP contribution in [0, 0.1) is 0 Å². The fraction of sp³-hybridized carbons (Fsp3) is 0.792. The first kappa shape index (κ1) is 24.0. The van der Waals surface area contributed by atoms with Crippen LogP contribution in [0.2, 0.25) is 0 Å². The molecular weight excluding hydrogens is 422 g/mol. The van der Waals surface area contributed by atoms with Crippen molar-refractivity contribution in [2.45, 2.75) is 97.2 Å². The smallest absolute Gasteiger partial charge is 0.410 e. The van der Waals surface area contributed by atoms with Crippen molar-refractivity contribution in [3.63, 3.8) is 0 Å². The molecule has 1 aliphatic carbocycles. The van der Waals surface area contributed by atoms with Crippen LogP contribution in [0.3, 0.4) is 0 Å². The fourth-order valence-corrected chi connectivity index (χ4v) is 5.11. The Hall–Kier alpha value is -2.13. The van der Waals surface area contributed by atoms with Gasteiger partial charge in [-0.2, -0.15) is 5.10 Å². The zero-order valence-corrected chi connectivity index (χ0v) is 20.7. The van der Waals surface area contributed by atoms with Crippen molar-refractivity contribution in [1.82, 2.24) is 24.9 Å². The predicted octanol–water partition coefficient (Wildman–Crippen LogP) is 2.57. The number of ether oxygens (including phenoxy) is 2. The molecule has 2 aliphatic heterocycles. The normalized spacial score (nSPS) is 24.2. The van der Waals surface area contributed by atoms with Crippen molar-refractivity contribution >= 4 is 12.0 Å². The molecule has 4 rings (SSSR count). The molecule has 0 saturated carbocycles. The summed E-state index contributed by atoms with van der Waals surface area (Å²) in [5, 5.41) is 8.36. The van der Waals surface area contributed by atoms with Gasteiger partial charge >= 0.3 is 6.09 Å². The average Bonchev–Trinajstić information content (AvgIpc) is 3.33. The molecule has 1 N–H and O–H groups in total. The molecule has 3 heterocycles. The van der Waals surface area contributed by atoms with Gasteiger partial charge in [-0.05, 0) is 66.7 Å². The number of rotatable bonds is 4. The summed E-state index contributed by atoms with van der Waals surface area (Å²) in [7, 11) is 0. The summed E-state index contributed by atoms with van der Waals surface area (Å²) >= 11 is 0. The monoisotopic (exact) mass is 461 g/mol. The van der Waals surface area contributed by atoms with Crippen LogP contribution in [-0.2, 0) is 29.0 Å². The van der Waals surface area contributed by atoms with Crippen LogP contribution in [0.4, 0.5) is 4.79 Å². The molecule has 9 nitrogen and oxygen atoms in total. The first-order valence-corrected chi connectivity index (χ1v) is 12.4. The van der Waals surface area contributed by atoms with Gasteiger partial charge in [0.15, 0.2) is 5.69 Å². The van der Waals surface area contributed by atoms with Crippen LogP contribution < -0.4 is 5.32 Å². The molecule has 0 bridgehead atoms. The molecule has 0 radical (unpaired) electrons. The Bertz CT molecular complexity index is 859. The highest BCUT2D eigenvalue weighted by Gasteiger charge is 2.33. The van der Waals surface area contributed by atoms with Gasteiger partial charge in [0, 0.05) is 43.5 Å². The number of piperidine rings is 1. The number of morpholine rings is 1. The third-order valence-corrected chi connectivity index (χ3v) is 6.59. The van der Waals surface area contributed by atoms with Crippen molar-refractivity contribution in [2.75, 3.05) is 26.2 Å². The third kappa shape index (κ3) is 5.69. The van der Waals surface area contributed by atoms with E-state index in [0.717, 1.165) is 37.7 Å². The summed E-state index contributed by atoms with van der Waals surface area (Å²) in [5.41, 5.74) is 2.45. The van der Waals surface area contributed by atoms with Crippen LogP contribution >= 0.6 is 0 Å². The maximum absolute atomic E-state index is 13.3. The lowest BCUT2D eigenvalue weighted by Crippen LogP contribution is -2.48. The van der Waals surface area contributed by atoms with Gasteiger partial charge in [0.1, 0.15) is 5.60 Å². The first-order valence-electron chi connectivity index (χ1n) is 12.4. The number of aromatic nitrogens is 2. The van der Waals surface area contributed by atoms with Gasteiger partial charge in [0.25, 0.3) is 5.91 Å². The van der Waals surface area contributed by atoms with Gasteiger partial charge in [0.2, 0.25) is 0 Å². The van der Waals surface area contributed by atoms with Gasteiger partial charge < -0.3 is 19.3 Å². The summed E-state index contributed by atoms with van der Waals surface area (Å²) in [5.74, 6) is 0.0274. The number of nitrogens with one attached hydrogen (secondary N) is 1. The SMILES string of the molecule is C[C@@H]1CN(C(=O)c2nn(CNC3CCN(C(=O)OC(C)(C)C)CC3)c3c2CCC3)C[C@H](C)O1. The minimum atomic E-state index is -0.473. The number of carbonyl (C=O) groups excluding carboxylic acids is 2. The Morgan fingerprint density at radius 2 is 1.76 bits per heavy atom. The molecule has 0 spiro atoms. The number of nitrogens with zero attached hydrogens (tertiary/aromatic N) is 4. The van der Waals surface area contributed by atoms with Gasteiger partial charge in [-0.15, -0.1) is 0 Å². The third-order valence-electron chi connectivity index (χ3n) is 6.59. The Labute approximate surface area is 196 Å². The summed E-state index contributed by atoms with van der Waals surface area (Å²) in [6.45, 7) is 12.9. The van der Waals surface area contributed by atoms with Crippen LogP contribution in [0.5, 0.6) is 0 Å². The van der Waals surface area contributed by atoms with Crippen LogP contribution in [0.25, 0.3) is 0 Å². The molecule has 0 unspecified atom stereocenters. The van der Waals surface area contributed by atoms with E-state index in [4.69, 9.17) is 14.6 Å².